The van der Waals surface area contributed by atoms with Crippen molar-refractivity contribution in [2.45, 2.75) is 19.4 Å². The average molecular weight is 387 g/mol. The van der Waals surface area contributed by atoms with E-state index in [9.17, 15) is 4.79 Å². The highest BCUT2D eigenvalue weighted by Gasteiger charge is 2.13. The molecule has 0 saturated heterocycles. The number of aromatic nitrogens is 2. The number of nitrogens with zero attached hydrogens (tertiary/aromatic N) is 2. The van der Waals surface area contributed by atoms with Crippen molar-refractivity contribution in [3.8, 4) is 17.2 Å². The Morgan fingerprint density at radius 3 is 2.76 bits per heavy atom. The summed E-state index contributed by atoms with van der Waals surface area (Å²) in [7, 11) is 1.65. The topological polar surface area (TPSA) is 77.2 Å². The number of hydrogen-bond acceptors (Lipinski definition) is 5. The number of hydrogen-bond donors (Lipinski definition) is 1. The van der Waals surface area contributed by atoms with Crippen LogP contribution in [0, 0.1) is 0 Å². The first-order valence-electron chi connectivity index (χ1n) is 9.41. The third kappa shape index (κ3) is 4.11. The predicted octanol–water partition coefficient (Wildman–Crippen LogP) is 4.15. The number of carbonyl (C=O) groups excluding carboxylic acids is 1. The fourth-order valence-corrected chi connectivity index (χ4v) is 3.39. The number of carbonyl (C=O) groups is 1. The molecule has 0 spiro atoms. The van der Waals surface area contributed by atoms with E-state index in [1.54, 1.807) is 31.8 Å². The second-order valence-electron chi connectivity index (χ2n) is 6.57. The highest BCUT2D eigenvalue weighted by molar-refractivity contribution is 5.88. The molecule has 29 heavy (non-hydrogen) atoms. The van der Waals surface area contributed by atoms with Gasteiger partial charge in [-0.1, -0.05) is 30.3 Å². The molecule has 4 aromatic rings. The Balaban J connectivity index is 1.44. The van der Waals surface area contributed by atoms with Crippen LogP contribution in [0.3, 0.4) is 0 Å². The molecular weight excluding hydrogens is 366 g/mol. The third-order valence-corrected chi connectivity index (χ3v) is 4.80. The van der Waals surface area contributed by atoms with Gasteiger partial charge in [-0.2, -0.15) is 0 Å². The normalized spacial score (nSPS) is 10.8. The van der Waals surface area contributed by atoms with E-state index < -0.39 is 0 Å². The molecule has 0 unspecified atom stereocenters. The van der Waals surface area contributed by atoms with E-state index in [2.05, 4.69) is 27.4 Å². The van der Waals surface area contributed by atoms with Crippen LogP contribution in [0.15, 0.2) is 71.6 Å². The van der Waals surface area contributed by atoms with Gasteiger partial charge in [0, 0.05) is 24.4 Å². The van der Waals surface area contributed by atoms with E-state index in [0.717, 1.165) is 22.1 Å². The Kier molecular flexibility index (Phi) is 5.52. The lowest BCUT2D eigenvalue weighted by Gasteiger charge is -2.12. The smallest absolute Gasteiger partial charge is 0.220 e. The maximum atomic E-state index is 12.5. The van der Waals surface area contributed by atoms with Gasteiger partial charge in [-0.05, 0) is 35.4 Å². The first kappa shape index (κ1) is 18.7. The average Bonchev–Trinajstić information content (AvgIpc) is 3.31. The zero-order chi connectivity index (χ0) is 20.1. The van der Waals surface area contributed by atoms with Gasteiger partial charge < -0.3 is 14.5 Å². The SMILES string of the molecule is COc1ccc2ccccc2c1CCC(=O)NCc1nccnc1-c1ccco1. The molecule has 2 aromatic carbocycles. The molecule has 6 heteroatoms. The molecule has 2 heterocycles. The Morgan fingerprint density at radius 1 is 1.07 bits per heavy atom. The number of nitrogens with one attached hydrogen (secondary N) is 1. The van der Waals surface area contributed by atoms with Crippen LogP contribution in [0.1, 0.15) is 17.7 Å². The highest BCUT2D eigenvalue weighted by Crippen LogP contribution is 2.29. The minimum absolute atomic E-state index is 0.0592. The summed E-state index contributed by atoms with van der Waals surface area (Å²) in [4.78, 5) is 21.2. The first-order valence-corrected chi connectivity index (χ1v) is 9.41. The molecule has 146 valence electrons. The molecule has 0 aliphatic heterocycles. The van der Waals surface area contributed by atoms with Crippen LogP contribution < -0.4 is 10.1 Å². The van der Waals surface area contributed by atoms with E-state index >= 15 is 0 Å². The van der Waals surface area contributed by atoms with Gasteiger partial charge >= 0.3 is 0 Å². The van der Waals surface area contributed by atoms with Crippen LogP contribution in [0.5, 0.6) is 5.75 Å². The van der Waals surface area contributed by atoms with Gasteiger partial charge in [0.1, 0.15) is 11.4 Å². The molecule has 0 aliphatic carbocycles. The maximum Gasteiger partial charge on any atom is 0.220 e. The van der Waals surface area contributed by atoms with Gasteiger partial charge in [0.2, 0.25) is 5.91 Å². The van der Waals surface area contributed by atoms with Crippen molar-refractivity contribution in [3.05, 3.63) is 78.4 Å². The molecule has 0 fully saturated rings. The number of ether oxygens (including phenoxy) is 1. The fraction of sp³-hybridized carbons (Fsp3) is 0.174. The van der Waals surface area contributed by atoms with E-state index in [4.69, 9.17) is 9.15 Å². The Morgan fingerprint density at radius 2 is 1.93 bits per heavy atom. The zero-order valence-corrected chi connectivity index (χ0v) is 16.1. The number of furan rings is 1. The summed E-state index contributed by atoms with van der Waals surface area (Å²) >= 11 is 0. The highest BCUT2D eigenvalue weighted by atomic mass is 16.5. The monoisotopic (exact) mass is 387 g/mol. The molecule has 0 radical (unpaired) electrons. The number of benzene rings is 2. The van der Waals surface area contributed by atoms with Crippen molar-refractivity contribution < 1.29 is 13.9 Å². The van der Waals surface area contributed by atoms with Crippen LogP contribution in [-0.2, 0) is 17.8 Å². The van der Waals surface area contributed by atoms with Crippen LogP contribution in [-0.4, -0.2) is 23.0 Å². The van der Waals surface area contributed by atoms with Gasteiger partial charge in [-0.15, -0.1) is 0 Å². The van der Waals surface area contributed by atoms with Gasteiger partial charge in [-0.3, -0.25) is 9.78 Å². The third-order valence-electron chi connectivity index (χ3n) is 4.80. The molecule has 0 atom stereocenters. The van der Waals surface area contributed by atoms with Crippen molar-refractivity contribution in [1.29, 1.82) is 0 Å². The summed E-state index contributed by atoms with van der Waals surface area (Å²) in [6.45, 7) is 0.287. The number of aryl methyl sites for hydroxylation is 1. The van der Waals surface area contributed by atoms with Crippen molar-refractivity contribution in [2.24, 2.45) is 0 Å². The van der Waals surface area contributed by atoms with E-state index in [1.165, 1.54) is 0 Å². The predicted molar refractivity (Wildman–Crippen MR) is 110 cm³/mol. The second kappa shape index (κ2) is 8.56. The summed E-state index contributed by atoms with van der Waals surface area (Å²) in [5, 5.41) is 5.17. The largest absolute Gasteiger partial charge is 0.496 e. The lowest BCUT2D eigenvalue weighted by molar-refractivity contribution is -0.121. The number of amides is 1. The van der Waals surface area contributed by atoms with Crippen molar-refractivity contribution >= 4 is 16.7 Å². The van der Waals surface area contributed by atoms with Crippen molar-refractivity contribution in [1.82, 2.24) is 15.3 Å². The van der Waals surface area contributed by atoms with Gasteiger partial charge in [0.15, 0.2) is 5.76 Å². The number of rotatable bonds is 7. The second-order valence-corrected chi connectivity index (χ2v) is 6.57. The van der Waals surface area contributed by atoms with Gasteiger partial charge in [0.25, 0.3) is 0 Å². The van der Waals surface area contributed by atoms with Gasteiger partial charge in [-0.25, -0.2) is 4.98 Å². The minimum Gasteiger partial charge on any atom is -0.496 e. The molecule has 6 nitrogen and oxygen atoms in total. The minimum atomic E-state index is -0.0592. The fourth-order valence-electron chi connectivity index (χ4n) is 3.39. The van der Waals surface area contributed by atoms with E-state index in [1.807, 2.05) is 30.3 Å². The summed E-state index contributed by atoms with van der Waals surface area (Å²) in [5.74, 6) is 1.37. The van der Waals surface area contributed by atoms with E-state index in [0.29, 0.717) is 30.0 Å². The van der Waals surface area contributed by atoms with Crippen molar-refractivity contribution in [2.75, 3.05) is 7.11 Å². The summed E-state index contributed by atoms with van der Waals surface area (Å²) in [5.41, 5.74) is 2.34. The molecule has 2 aromatic heterocycles. The van der Waals surface area contributed by atoms with Gasteiger partial charge in [0.05, 0.1) is 25.6 Å². The lowest BCUT2D eigenvalue weighted by atomic mass is 9.99. The van der Waals surface area contributed by atoms with Crippen LogP contribution >= 0.6 is 0 Å². The molecule has 0 saturated carbocycles. The number of fused-ring (bicyclic) bond motifs is 1. The van der Waals surface area contributed by atoms with E-state index in [-0.39, 0.29) is 12.5 Å². The molecule has 0 bridgehead atoms. The molecule has 1 amide bonds. The van der Waals surface area contributed by atoms with Crippen LogP contribution in [0.4, 0.5) is 0 Å². The van der Waals surface area contributed by atoms with Crippen molar-refractivity contribution in [3.63, 3.8) is 0 Å². The molecule has 1 N–H and O–H groups in total. The number of methoxy groups -OCH3 is 1. The lowest BCUT2D eigenvalue weighted by Crippen LogP contribution is -2.24. The molecule has 0 aliphatic rings. The standard InChI is InChI=1S/C23H21N3O3/c1-28-20-10-8-16-5-2-3-6-17(16)18(20)9-11-22(27)26-15-19-23(25-13-12-24-19)21-7-4-14-29-21/h2-8,10,12-14H,9,11,15H2,1H3,(H,26,27). The Bertz CT molecular complexity index is 1120. The van der Waals surface area contributed by atoms with Crippen LogP contribution in [0.25, 0.3) is 22.2 Å². The molecule has 4 rings (SSSR count). The summed E-state index contributed by atoms with van der Waals surface area (Å²) in [6, 6.07) is 15.7. The summed E-state index contributed by atoms with van der Waals surface area (Å²) in [6.07, 6.45) is 5.73. The summed E-state index contributed by atoms with van der Waals surface area (Å²) < 4.78 is 10.9. The molecular formula is C23H21N3O3. The zero-order valence-electron chi connectivity index (χ0n) is 16.1. The Hall–Kier alpha value is -3.67. The quantitative estimate of drug-likeness (QED) is 0.515. The first-order chi connectivity index (χ1) is 14.3. The van der Waals surface area contributed by atoms with Crippen LogP contribution in [0.2, 0.25) is 0 Å². The maximum absolute atomic E-state index is 12.5. The Labute approximate surface area is 168 Å².